The molecule has 0 N–H and O–H groups in total. The van der Waals surface area contributed by atoms with E-state index in [-0.39, 0.29) is 17.4 Å². The highest BCUT2D eigenvalue weighted by molar-refractivity contribution is 7.17. The molecule has 3 aromatic rings. The first-order chi connectivity index (χ1) is 14.8. The van der Waals surface area contributed by atoms with Crippen molar-refractivity contribution >= 4 is 45.7 Å². The second-order valence-electron chi connectivity index (χ2n) is 8.42. The monoisotopic (exact) mass is 429 g/mol. The average molecular weight is 430 g/mol. The molecule has 156 valence electrons. The van der Waals surface area contributed by atoms with E-state index in [0.717, 1.165) is 26.2 Å². The highest BCUT2D eigenvalue weighted by Crippen LogP contribution is 2.55. The third kappa shape index (κ3) is 2.82. The van der Waals surface area contributed by atoms with Crippen molar-refractivity contribution in [2.75, 3.05) is 19.0 Å². The Kier molecular flexibility index (Phi) is 4.31. The lowest BCUT2D eigenvalue weighted by atomic mass is 9.75. The van der Waals surface area contributed by atoms with Gasteiger partial charge in [-0.3, -0.25) is 14.6 Å². The minimum atomic E-state index is -0.309. The van der Waals surface area contributed by atoms with Gasteiger partial charge in [0.15, 0.2) is 0 Å². The predicted octanol–water partition coefficient (Wildman–Crippen LogP) is 5.72. The maximum absolute atomic E-state index is 12.6. The molecule has 2 aliphatic rings. The first kappa shape index (κ1) is 19.6. The summed E-state index contributed by atoms with van der Waals surface area (Å²) in [7, 11) is 3.15. The fourth-order valence-corrected chi connectivity index (χ4v) is 5.68. The summed E-state index contributed by atoms with van der Waals surface area (Å²) in [6, 6.07) is 20.7. The molecule has 0 bridgehead atoms. The minimum absolute atomic E-state index is 0.192. The molecular formula is C25H23N3O2S. The van der Waals surface area contributed by atoms with Crippen LogP contribution in [0.2, 0.25) is 0 Å². The van der Waals surface area contributed by atoms with Crippen molar-refractivity contribution in [2.24, 2.45) is 0 Å². The molecule has 2 aliphatic heterocycles. The Morgan fingerprint density at radius 3 is 2.23 bits per heavy atom. The van der Waals surface area contributed by atoms with E-state index >= 15 is 0 Å². The van der Waals surface area contributed by atoms with Crippen LogP contribution in [0.5, 0.6) is 0 Å². The van der Waals surface area contributed by atoms with Crippen LogP contribution >= 0.6 is 11.3 Å². The molecule has 0 atom stereocenters. The molecule has 3 amide bonds. The topological polar surface area (TPSA) is 43.9 Å². The van der Waals surface area contributed by atoms with Crippen LogP contribution < -0.4 is 4.90 Å². The summed E-state index contributed by atoms with van der Waals surface area (Å²) in [6.07, 6.45) is 1.83. The number of amides is 3. The van der Waals surface area contributed by atoms with Gasteiger partial charge < -0.3 is 4.90 Å². The summed E-state index contributed by atoms with van der Waals surface area (Å²) < 4.78 is 0. The Balaban J connectivity index is 1.70. The molecule has 0 saturated carbocycles. The summed E-state index contributed by atoms with van der Waals surface area (Å²) in [5.74, 6) is -0.277. The Bertz CT molecular complexity index is 1240. The van der Waals surface area contributed by atoms with Crippen LogP contribution in [0.15, 0.2) is 66.4 Å². The summed E-state index contributed by atoms with van der Waals surface area (Å²) in [5.41, 5.74) is 4.93. The molecule has 0 spiro atoms. The third-order valence-corrected chi connectivity index (χ3v) is 7.25. The molecule has 0 unspecified atom stereocenters. The van der Waals surface area contributed by atoms with Gasteiger partial charge in [-0.05, 0) is 41.5 Å². The highest BCUT2D eigenvalue weighted by Gasteiger charge is 2.39. The lowest BCUT2D eigenvalue weighted by Gasteiger charge is -2.39. The van der Waals surface area contributed by atoms with Crippen LogP contribution in [0.1, 0.15) is 29.9 Å². The van der Waals surface area contributed by atoms with E-state index in [2.05, 4.69) is 61.2 Å². The van der Waals surface area contributed by atoms with Crippen molar-refractivity contribution in [3.05, 3.63) is 82.4 Å². The molecular weight excluding hydrogens is 406 g/mol. The van der Waals surface area contributed by atoms with E-state index < -0.39 is 0 Å². The molecule has 5 nitrogen and oxygen atoms in total. The number of carbonyl (C=O) groups excluding carboxylic acids is 2. The van der Waals surface area contributed by atoms with Gasteiger partial charge in [-0.25, -0.2) is 4.79 Å². The van der Waals surface area contributed by atoms with E-state index in [9.17, 15) is 9.59 Å². The number of anilines is 3. The van der Waals surface area contributed by atoms with Gasteiger partial charge in [0.25, 0.3) is 5.91 Å². The smallest absolute Gasteiger partial charge is 0.301 e. The van der Waals surface area contributed by atoms with Crippen molar-refractivity contribution < 1.29 is 9.59 Å². The zero-order valence-electron chi connectivity index (χ0n) is 17.9. The van der Waals surface area contributed by atoms with Crippen LogP contribution in [0.4, 0.5) is 21.2 Å². The zero-order chi connectivity index (χ0) is 21.9. The van der Waals surface area contributed by atoms with Crippen LogP contribution in [0.25, 0.3) is 6.08 Å². The Hall–Kier alpha value is -3.38. The normalized spacial score (nSPS) is 18.6. The molecule has 1 fully saturated rings. The number of rotatable bonds is 2. The van der Waals surface area contributed by atoms with Crippen molar-refractivity contribution in [3.63, 3.8) is 0 Å². The third-order valence-electron chi connectivity index (χ3n) is 6.18. The van der Waals surface area contributed by atoms with E-state index in [4.69, 9.17) is 0 Å². The number of para-hydroxylation sites is 2. The highest BCUT2D eigenvalue weighted by atomic mass is 32.1. The lowest BCUT2D eigenvalue weighted by molar-refractivity contribution is -0.122. The van der Waals surface area contributed by atoms with Crippen molar-refractivity contribution in [2.45, 2.75) is 19.3 Å². The van der Waals surface area contributed by atoms with Crippen LogP contribution in [-0.2, 0) is 10.2 Å². The Morgan fingerprint density at radius 2 is 1.55 bits per heavy atom. The van der Waals surface area contributed by atoms with Crippen molar-refractivity contribution in [1.29, 1.82) is 0 Å². The number of hydrogen-bond donors (Lipinski definition) is 0. The fourth-order valence-electron chi connectivity index (χ4n) is 4.39. The maximum Gasteiger partial charge on any atom is 0.331 e. The first-order valence-electron chi connectivity index (χ1n) is 10.2. The second-order valence-corrected chi connectivity index (χ2v) is 9.48. The number of carbonyl (C=O) groups is 2. The molecule has 5 rings (SSSR count). The van der Waals surface area contributed by atoms with E-state index in [0.29, 0.717) is 5.70 Å². The van der Waals surface area contributed by atoms with Gasteiger partial charge in [-0.15, -0.1) is 11.3 Å². The predicted molar refractivity (Wildman–Crippen MR) is 125 cm³/mol. The number of thiophene rings is 1. The van der Waals surface area contributed by atoms with Gasteiger partial charge in [0, 0.05) is 30.1 Å². The van der Waals surface area contributed by atoms with Gasteiger partial charge in [-0.2, -0.15) is 0 Å². The van der Waals surface area contributed by atoms with Crippen LogP contribution in [-0.4, -0.2) is 35.8 Å². The van der Waals surface area contributed by atoms with Gasteiger partial charge in [-0.1, -0.05) is 50.2 Å². The second kappa shape index (κ2) is 6.82. The minimum Gasteiger partial charge on any atom is -0.301 e. The molecule has 31 heavy (non-hydrogen) atoms. The maximum atomic E-state index is 12.6. The van der Waals surface area contributed by atoms with Crippen LogP contribution in [0, 0.1) is 0 Å². The average Bonchev–Trinajstić information content (AvgIpc) is 3.27. The van der Waals surface area contributed by atoms with Gasteiger partial charge >= 0.3 is 6.03 Å². The molecule has 1 aromatic heterocycles. The number of fused-ring (bicyclic) bond motifs is 2. The van der Waals surface area contributed by atoms with Crippen LogP contribution in [0.3, 0.4) is 0 Å². The summed E-state index contributed by atoms with van der Waals surface area (Å²) >= 11 is 1.64. The molecule has 0 aliphatic carbocycles. The van der Waals surface area contributed by atoms with E-state index in [1.807, 2.05) is 24.3 Å². The number of nitrogens with zero attached hydrogens (tertiary/aromatic N) is 3. The lowest BCUT2D eigenvalue weighted by Crippen LogP contribution is -2.29. The largest absolute Gasteiger partial charge is 0.331 e. The first-order valence-corrected chi connectivity index (χ1v) is 11.0. The molecule has 3 heterocycles. The van der Waals surface area contributed by atoms with E-state index in [1.54, 1.807) is 18.4 Å². The molecule has 6 heteroatoms. The summed E-state index contributed by atoms with van der Waals surface area (Å²) in [4.78, 5) is 30.5. The van der Waals surface area contributed by atoms with Gasteiger partial charge in [0.2, 0.25) is 0 Å². The van der Waals surface area contributed by atoms with E-state index in [1.165, 1.54) is 23.1 Å². The quantitative estimate of drug-likeness (QED) is 0.386. The Morgan fingerprint density at radius 1 is 0.871 bits per heavy atom. The molecule has 0 radical (unpaired) electrons. The molecule has 1 saturated heterocycles. The summed E-state index contributed by atoms with van der Waals surface area (Å²) in [5, 5.41) is 1.13. The number of hydrogen-bond acceptors (Lipinski definition) is 4. The van der Waals surface area contributed by atoms with Gasteiger partial charge in [0.1, 0.15) is 10.7 Å². The summed E-state index contributed by atoms with van der Waals surface area (Å²) in [6.45, 7) is 4.47. The number of urea groups is 1. The number of benzene rings is 2. The SMILES string of the molecule is CN1C(=O)/C(=C\c2cc3c(s2)N(c2ccccc2)c2ccccc2C3(C)C)N(C)C1=O. The van der Waals surface area contributed by atoms with Crippen molar-refractivity contribution in [1.82, 2.24) is 9.80 Å². The van der Waals surface area contributed by atoms with Gasteiger partial charge in [0.05, 0.1) is 5.69 Å². The standard InChI is InChI=1S/C25H23N3O2S/c1-25(2)18-12-8-9-13-20(18)28(16-10-6-5-7-11-16)23-19(25)14-17(31-23)15-21-22(29)27(4)24(30)26(21)3/h5-15H,1-4H3/b21-15+. The number of imide groups is 1. The number of likely N-dealkylation sites (N-methyl/N-ethyl adjacent to an activating group) is 2. The zero-order valence-corrected chi connectivity index (χ0v) is 18.7. The molecule has 2 aromatic carbocycles. The fraction of sp³-hybridized carbons (Fsp3) is 0.200. The Labute approximate surface area is 185 Å². The van der Waals surface area contributed by atoms with Crippen molar-refractivity contribution in [3.8, 4) is 0 Å².